The smallest absolute Gasteiger partial charge is 0.358 e. The summed E-state index contributed by atoms with van der Waals surface area (Å²) in [5, 5.41) is 10.1. The molecular formula is C7H9N3O4S. The fourth-order valence-electron chi connectivity index (χ4n) is 1.04. The molecule has 0 aliphatic heterocycles. The van der Waals surface area contributed by atoms with Crippen molar-refractivity contribution in [1.29, 1.82) is 0 Å². The second kappa shape index (κ2) is 3.81. The zero-order chi connectivity index (χ0) is 11.6. The van der Waals surface area contributed by atoms with Gasteiger partial charge in [0.15, 0.2) is 0 Å². The van der Waals surface area contributed by atoms with Gasteiger partial charge in [-0.05, 0) is 9.91 Å². The predicted molar refractivity (Wildman–Crippen MR) is 52.2 cm³/mol. The average molecular weight is 231 g/mol. The van der Waals surface area contributed by atoms with Crippen LogP contribution in [0, 0.1) is 10.1 Å². The third kappa shape index (κ3) is 2.40. The van der Waals surface area contributed by atoms with Gasteiger partial charge >= 0.3 is 11.0 Å². The molecule has 1 heterocycles. The van der Waals surface area contributed by atoms with Crippen molar-refractivity contribution in [3.8, 4) is 0 Å². The summed E-state index contributed by atoms with van der Waals surface area (Å²) < 4.78 is 23.6. The van der Waals surface area contributed by atoms with E-state index in [1.165, 1.54) is 10.6 Å². The summed E-state index contributed by atoms with van der Waals surface area (Å²) >= 11 is 0. The Hall–Kier alpha value is -1.70. The molecule has 7 nitrogen and oxygen atoms in total. The number of nitrogens with zero attached hydrogens (tertiary/aromatic N) is 3. The normalized spacial score (nSPS) is 11.3. The van der Waals surface area contributed by atoms with E-state index in [4.69, 9.17) is 0 Å². The highest BCUT2D eigenvalue weighted by atomic mass is 32.2. The number of rotatable bonds is 4. The Kier molecular flexibility index (Phi) is 2.89. The van der Waals surface area contributed by atoms with Crippen molar-refractivity contribution >= 4 is 15.7 Å². The maximum atomic E-state index is 11.2. The molecule has 0 amide bonds. The van der Waals surface area contributed by atoms with Gasteiger partial charge in [0.2, 0.25) is 9.84 Å². The minimum atomic E-state index is -3.57. The third-order valence-corrected chi connectivity index (χ3v) is 2.56. The highest BCUT2D eigenvalue weighted by molar-refractivity contribution is 7.90. The lowest BCUT2D eigenvalue weighted by Crippen LogP contribution is -2.07. The zero-order valence-corrected chi connectivity index (χ0v) is 8.77. The van der Waals surface area contributed by atoms with Crippen LogP contribution in [0.15, 0.2) is 24.0 Å². The summed E-state index contributed by atoms with van der Waals surface area (Å²) in [4.78, 5) is 13.1. The Bertz CT molecular complexity index is 502. The maximum Gasteiger partial charge on any atom is 0.383 e. The molecule has 0 unspecified atom stereocenters. The number of allylic oxidation sites excluding steroid dienone is 1. The van der Waals surface area contributed by atoms with Crippen LogP contribution in [0.2, 0.25) is 0 Å². The molecule has 0 saturated heterocycles. The predicted octanol–water partition coefficient (Wildman–Crippen LogP) is 0.381. The molecule has 0 saturated carbocycles. The van der Waals surface area contributed by atoms with E-state index in [2.05, 4.69) is 11.6 Å². The van der Waals surface area contributed by atoms with Gasteiger partial charge in [-0.15, -0.1) is 6.58 Å². The van der Waals surface area contributed by atoms with Crippen LogP contribution in [0.25, 0.3) is 0 Å². The van der Waals surface area contributed by atoms with Crippen LogP contribution in [0.4, 0.5) is 5.82 Å². The number of sulfone groups is 1. The Morgan fingerprint density at radius 1 is 1.73 bits per heavy atom. The molecule has 0 spiro atoms. The summed E-state index contributed by atoms with van der Waals surface area (Å²) in [6.45, 7) is 3.58. The molecule has 82 valence electrons. The Morgan fingerprint density at radius 2 is 2.33 bits per heavy atom. The summed E-state index contributed by atoms with van der Waals surface area (Å²) in [7, 11) is -3.57. The Morgan fingerprint density at radius 3 is 2.73 bits per heavy atom. The molecule has 0 N–H and O–H groups in total. The van der Waals surface area contributed by atoms with Gasteiger partial charge in [0.05, 0.1) is 0 Å². The van der Waals surface area contributed by atoms with Crippen LogP contribution in [-0.2, 0) is 16.4 Å². The SMILES string of the molecule is C=CCn1cc([N+](=O)[O-])nc1S(C)(=O)=O. The van der Waals surface area contributed by atoms with Crippen LogP contribution >= 0.6 is 0 Å². The largest absolute Gasteiger partial charge is 0.383 e. The average Bonchev–Trinajstić information content (AvgIpc) is 2.48. The number of hydrogen-bond donors (Lipinski definition) is 0. The monoisotopic (exact) mass is 231 g/mol. The molecule has 0 bridgehead atoms. The number of nitro groups is 1. The van der Waals surface area contributed by atoms with Crippen molar-refractivity contribution in [3.63, 3.8) is 0 Å². The summed E-state index contributed by atoms with van der Waals surface area (Å²) in [6, 6.07) is 0. The molecule has 15 heavy (non-hydrogen) atoms. The first-order valence-electron chi connectivity index (χ1n) is 3.88. The van der Waals surface area contributed by atoms with Gasteiger partial charge in [-0.25, -0.2) is 8.42 Å². The van der Waals surface area contributed by atoms with Gasteiger partial charge in [-0.2, -0.15) is 0 Å². The molecule has 0 aliphatic rings. The highest BCUT2D eigenvalue weighted by Crippen LogP contribution is 2.15. The van der Waals surface area contributed by atoms with Crippen LogP contribution in [0.3, 0.4) is 0 Å². The summed E-state index contributed by atoms with van der Waals surface area (Å²) in [5.74, 6) is -0.489. The highest BCUT2D eigenvalue weighted by Gasteiger charge is 2.25. The summed E-state index contributed by atoms with van der Waals surface area (Å²) in [6.07, 6.45) is 3.44. The van der Waals surface area contributed by atoms with E-state index < -0.39 is 20.6 Å². The van der Waals surface area contributed by atoms with Gasteiger partial charge in [0.1, 0.15) is 6.20 Å². The molecular weight excluding hydrogens is 222 g/mol. The van der Waals surface area contributed by atoms with Crippen LogP contribution < -0.4 is 0 Å². The lowest BCUT2D eigenvalue weighted by Gasteiger charge is -1.96. The third-order valence-electron chi connectivity index (χ3n) is 1.57. The topological polar surface area (TPSA) is 95.1 Å². The van der Waals surface area contributed by atoms with Gasteiger partial charge in [0, 0.05) is 12.8 Å². The first-order valence-corrected chi connectivity index (χ1v) is 5.78. The minimum absolute atomic E-state index is 0.156. The number of imidazole rings is 1. The van der Waals surface area contributed by atoms with E-state index in [9.17, 15) is 18.5 Å². The van der Waals surface area contributed by atoms with Crippen molar-refractivity contribution in [2.45, 2.75) is 11.7 Å². The fraction of sp³-hybridized carbons (Fsp3) is 0.286. The van der Waals surface area contributed by atoms with E-state index in [1.807, 2.05) is 0 Å². The molecule has 8 heteroatoms. The lowest BCUT2D eigenvalue weighted by molar-refractivity contribution is -0.389. The van der Waals surface area contributed by atoms with Crippen molar-refractivity contribution in [3.05, 3.63) is 29.0 Å². The van der Waals surface area contributed by atoms with E-state index in [0.717, 1.165) is 12.5 Å². The lowest BCUT2D eigenvalue weighted by atomic mass is 10.6. The van der Waals surface area contributed by atoms with Crippen molar-refractivity contribution in [2.75, 3.05) is 6.26 Å². The van der Waals surface area contributed by atoms with E-state index in [1.54, 1.807) is 0 Å². The molecule has 1 aromatic rings. The first-order chi connectivity index (χ1) is 6.86. The second-order valence-electron chi connectivity index (χ2n) is 2.85. The van der Waals surface area contributed by atoms with Crippen LogP contribution in [-0.4, -0.2) is 29.1 Å². The molecule has 1 aromatic heterocycles. The quantitative estimate of drug-likeness (QED) is 0.424. The molecule has 0 radical (unpaired) electrons. The van der Waals surface area contributed by atoms with Gasteiger partial charge < -0.3 is 10.1 Å². The maximum absolute atomic E-state index is 11.2. The molecule has 1 rings (SSSR count). The van der Waals surface area contributed by atoms with Gasteiger partial charge in [-0.1, -0.05) is 6.08 Å². The van der Waals surface area contributed by atoms with Crippen molar-refractivity contribution in [1.82, 2.24) is 9.55 Å². The molecule has 0 aliphatic carbocycles. The number of hydrogen-bond acceptors (Lipinski definition) is 5. The van der Waals surface area contributed by atoms with E-state index in [0.29, 0.717) is 0 Å². The fourth-order valence-corrected chi connectivity index (χ4v) is 1.85. The Labute approximate surface area is 86.1 Å². The van der Waals surface area contributed by atoms with E-state index in [-0.39, 0.29) is 11.7 Å². The van der Waals surface area contributed by atoms with Crippen LogP contribution in [0.5, 0.6) is 0 Å². The molecule has 0 aromatic carbocycles. The van der Waals surface area contributed by atoms with E-state index >= 15 is 0 Å². The zero-order valence-electron chi connectivity index (χ0n) is 7.95. The van der Waals surface area contributed by atoms with Gasteiger partial charge in [-0.3, -0.25) is 4.57 Å². The summed E-state index contributed by atoms with van der Waals surface area (Å²) in [5.41, 5.74) is 0. The Balaban J connectivity index is 3.36. The first kappa shape index (κ1) is 11.4. The minimum Gasteiger partial charge on any atom is -0.358 e. The van der Waals surface area contributed by atoms with Crippen molar-refractivity contribution < 1.29 is 13.3 Å². The van der Waals surface area contributed by atoms with Crippen molar-refractivity contribution in [2.24, 2.45) is 0 Å². The van der Waals surface area contributed by atoms with Gasteiger partial charge in [0.25, 0.3) is 0 Å². The molecule has 0 fully saturated rings. The standard InChI is InChI=1S/C7H9N3O4S/c1-3-4-9-5-6(10(11)12)8-7(9)15(2,13)14/h3,5H,1,4H2,2H3. The molecule has 0 atom stereocenters. The second-order valence-corrected chi connectivity index (χ2v) is 4.76. The van der Waals surface area contributed by atoms with Crippen LogP contribution in [0.1, 0.15) is 0 Å². The number of aromatic nitrogens is 2.